The molecule has 1 saturated heterocycles. The number of halogens is 1. The van der Waals surface area contributed by atoms with Gasteiger partial charge in [-0.2, -0.15) is 0 Å². The highest BCUT2D eigenvalue weighted by molar-refractivity contribution is 7.99. The van der Waals surface area contributed by atoms with E-state index in [1.807, 2.05) is 6.07 Å². The fourth-order valence-corrected chi connectivity index (χ4v) is 6.21. The molecule has 3 aromatic heterocycles. The summed E-state index contributed by atoms with van der Waals surface area (Å²) in [5.41, 5.74) is 22.4. The Bertz CT molecular complexity index is 1420. The van der Waals surface area contributed by atoms with Crippen LogP contribution in [-0.2, 0) is 6.42 Å². The summed E-state index contributed by atoms with van der Waals surface area (Å²) in [6.07, 6.45) is 6.23. The van der Waals surface area contributed by atoms with Crippen LogP contribution < -0.4 is 22.1 Å². The van der Waals surface area contributed by atoms with Crippen LogP contribution in [0.5, 0.6) is 0 Å². The summed E-state index contributed by atoms with van der Waals surface area (Å²) in [5, 5.41) is 15.2. The molecule has 1 aliphatic carbocycles. The maximum absolute atomic E-state index is 6.85. The molecule has 1 aliphatic heterocycles. The van der Waals surface area contributed by atoms with Crippen LogP contribution >= 0.6 is 23.4 Å². The summed E-state index contributed by atoms with van der Waals surface area (Å²) in [5.74, 6) is 2.03. The first-order valence-electron chi connectivity index (χ1n) is 11.5. The van der Waals surface area contributed by atoms with Gasteiger partial charge in [-0.05, 0) is 58.4 Å². The molecule has 0 radical (unpaired) electrons. The molecule has 7 N–H and O–H groups in total. The van der Waals surface area contributed by atoms with Gasteiger partial charge in [0.05, 0.1) is 11.2 Å². The van der Waals surface area contributed by atoms with Crippen LogP contribution in [0.15, 0.2) is 46.6 Å². The van der Waals surface area contributed by atoms with Crippen LogP contribution in [0.3, 0.4) is 0 Å². The first-order chi connectivity index (χ1) is 17.4. The highest BCUT2D eigenvalue weighted by atomic mass is 35.5. The van der Waals surface area contributed by atoms with Gasteiger partial charge in [0, 0.05) is 35.8 Å². The molecule has 4 aromatic rings. The molecule has 1 spiro atoms. The Morgan fingerprint density at radius 3 is 2.69 bits per heavy atom. The Morgan fingerprint density at radius 1 is 1.11 bits per heavy atom. The molecular weight excluding hydrogens is 498 g/mol. The number of nitrogen functional groups attached to an aromatic ring is 2. The first-order valence-corrected chi connectivity index (χ1v) is 12.7. The van der Waals surface area contributed by atoms with Crippen LogP contribution in [0, 0.1) is 5.41 Å². The Hall–Kier alpha value is -3.48. The van der Waals surface area contributed by atoms with Crippen LogP contribution in [-0.4, -0.2) is 48.7 Å². The molecule has 13 heteroatoms. The second-order valence-corrected chi connectivity index (χ2v) is 10.6. The maximum atomic E-state index is 6.85. The van der Waals surface area contributed by atoms with Gasteiger partial charge >= 0.3 is 0 Å². The quantitative estimate of drug-likeness (QED) is 0.310. The molecule has 36 heavy (non-hydrogen) atoms. The smallest absolute Gasteiger partial charge is 0.179 e. The molecule has 0 saturated carbocycles. The highest BCUT2D eigenvalue weighted by Gasteiger charge is 2.46. The van der Waals surface area contributed by atoms with Crippen molar-refractivity contribution in [2.75, 3.05) is 29.5 Å². The second-order valence-electron chi connectivity index (χ2n) is 9.20. The monoisotopic (exact) mass is 521 g/mol. The molecule has 184 valence electrons. The van der Waals surface area contributed by atoms with Crippen molar-refractivity contribution in [1.82, 2.24) is 35.6 Å². The summed E-state index contributed by atoms with van der Waals surface area (Å²) in [4.78, 5) is 16.1. The van der Waals surface area contributed by atoms with Crippen LogP contribution in [0.25, 0.3) is 11.4 Å². The minimum Gasteiger partial charge on any atom is -0.382 e. The molecule has 2 aliphatic rings. The number of hydrogen-bond acceptors (Lipinski definition) is 11. The Balaban J connectivity index is 1.16. The molecule has 11 nitrogen and oxygen atoms in total. The molecule has 1 fully saturated rings. The predicted octanol–water partition coefficient (Wildman–Crippen LogP) is 2.86. The van der Waals surface area contributed by atoms with E-state index in [-0.39, 0.29) is 17.3 Å². The fraction of sp³-hybridized carbons (Fsp3) is 0.304. The van der Waals surface area contributed by atoms with Gasteiger partial charge in [0.25, 0.3) is 0 Å². The average molecular weight is 522 g/mol. The van der Waals surface area contributed by atoms with Crippen molar-refractivity contribution in [3.05, 3.63) is 52.8 Å². The van der Waals surface area contributed by atoms with E-state index in [0.717, 1.165) is 48.6 Å². The van der Waals surface area contributed by atoms with Crippen molar-refractivity contribution >= 4 is 40.8 Å². The number of aromatic nitrogens is 7. The highest BCUT2D eigenvalue weighted by Crippen LogP contribution is 2.51. The van der Waals surface area contributed by atoms with Crippen molar-refractivity contribution in [3.63, 3.8) is 0 Å². The SMILES string of the molecule is Nc1nc(N2CCC3(CC2)Cc2ccc(-c4nnn[nH]4)cc2C3N)cnc1Sc1ccnc(N)c1Cl. The van der Waals surface area contributed by atoms with E-state index < -0.39 is 0 Å². The van der Waals surface area contributed by atoms with Gasteiger partial charge in [-0.1, -0.05) is 35.5 Å². The zero-order chi connectivity index (χ0) is 24.9. The number of H-pyrrole nitrogens is 1. The summed E-state index contributed by atoms with van der Waals surface area (Å²) in [6, 6.07) is 8.05. The van der Waals surface area contributed by atoms with Gasteiger partial charge in [0.2, 0.25) is 0 Å². The van der Waals surface area contributed by atoms with Gasteiger partial charge < -0.3 is 22.1 Å². The number of nitrogens with one attached hydrogen (secondary N) is 1. The predicted molar refractivity (Wildman–Crippen MR) is 138 cm³/mol. The minimum absolute atomic E-state index is 0.0178. The molecule has 1 unspecified atom stereocenters. The van der Waals surface area contributed by atoms with Gasteiger partial charge in [-0.3, -0.25) is 0 Å². The van der Waals surface area contributed by atoms with E-state index in [0.29, 0.717) is 21.7 Å². The van der Waals surface area contributed by atoms with Crippen LogP contribution in [0.4, 0.5) is 17.5 Å². The third kappa shape index (κ3) is 3.91. The number of piperidine rings is 1. The topological polar surface area (TPSA) is 174 Å². The third-order valence-electron chi connectivity index (χ3n) is 7.22. The number of fused-ring (bicyclic) bond motifs is 1. The number of hydrogen-bond donors (Lipinski definition) is 4. The van der Waals surface area contributed by atoms with E-state index in [4.69, 9.17) is 28.8 Å². The molecular formula is C23H24ClN11S. The summed E-state index contributed by atoms with van der Waals surface area (Å²) in [7, 11) is 0. The first kappa shape index (κ1) is 23.0. The Labute approximate surface area is 216 Å². The lowest BCUT2D eigenvalue weighted by atomic mass is 9.73. The van der Waals surface area contributed by atoms with Gasteiger partial charge in [-0.15, -0.1) is 5.10 Å². The van der Waals surface area contributed by atoms with Gasteiger partial charge in [0.15, 0.2) is 11.6 Å². The Morgan fingerprint density at radius 2 is 1.94 bits per heavy atom. The molecule has 4 heterocycles. The minimum atomic E-state index is -0.0436. The lowest BCUT2D eigenvalue weighted by molar-refractivity contribution is 0.187. The molecule has 6 rings (SSSR count). The van der Waals surface area contributed by atoms with Crippen molar-refractivity contribution < 1.29 is 0 Å². The van der Waals surface area contributed by atoms with Crippen molar-refractivity contribution in [2.45, 2.75) is 35.2 Å². The maximum Gasteiger partial charge on any atom is 0.179 e. The molecule has 1 atom stereocenters. The van der Waals surface area contributed by atoms with E-state index in [1.54, 1.807) is 18.5 Å². The molecule has 0 bridgehead atoms. The van der Waals surface area contributed by atoms with E-state index in [1.165, 1.54) is 22.9 Å². The average Bonchev–Trinajstić information content (AvgIpc) is 3.51. The van der Waals surface area contributed by atoms with Gasteiger partial charge in [-0.25, -0.2) is 20.1 Å². The lowest BCUT2D eigenvalue weighted by Crippen LogP contribution is -2.44. The fourth-order valence-electron chi connectivity index (χ4n) is 5.20. The third-order valence-corrected chi connectivity index (χ3v) is 8.80. The van der Waals surface area contributed by atoms with E-state index >= 15 is 0 Å². The van der Waals surface area contributed by atoms with Crippen molar-refractivity contribution in [2.24, 2.45) is 11.1 Å². The number of pyridine rings is 1. The number of nitrogens with zero attached hydrogens (tertiary/aromatic N) is 7. The number of rotatable bonds is 4. The summed E-state index contributed by atoms with van der Waals surface area (Å²) >= 11 is 7.58. The standard InChI is InChI=1S/C23H24ClN11S/c24-17-15(3-6-28-19(17)26)36-22-20(27)30-16(11-29-22)35-7-4-23(5-8-35)10-13-2-1-12(9-14(13)18(23)25)21-31-33-34-32-21/h1-3,6,9,11,18H,4-5,7-8,10,25H2,(H2,26,28)(H2,27,30)(H,31,32,33,34). The van der Waals surface area contributed by atoms with Crippen LogP contribution in [0.2, 0.25) is 5.02 Å². The molecule has 0 amide bonds. The van der Waals surface area contributed by atoms with E-state index in [2.05, 4.69) is 52.6 Å². The Kier molecular flexibility index (Phi) is 5.66. The molecule has 1 aromatic carbocycles. The lowest BCUT2D eigenvalue weighted by Gasteiger charge is -2.42. The summed E-state index contributed by atoms with van der Waals surface area (Å²) in [6.45, 7) is 1.65. The number of anilines is 3. The zero-order valence-electron chi connectivity index (χ0n) is 19.2. The number of benzene rings is 1. The zero-order valence-corrected chi connectivity index (χ0v) is 20.8. The van der Waals surface area contributed by atoms with Crippen molar-refractivity contribution in [1.29, 1.82) is 0 Å². The number of nitrogens with two attached hydrogens (primary N) is 3. The van der Waals surface area contributed by atoms with E-state index in [9.17, 15) is 0 Å². The second kappa shape index (κ2) is 8.87. The number of tetrazole rings is 1. The van der Waals surface area contributed by atoms with Crippen molar-refractivity contribution in [3.8, 4) is 11.4 Å². The number of aromatic amines is 1. The summed E-state index contributed by atoms with van der Waals surface area (Å²) < 4.78 is 0. The largest absolute Gasteiger partial charge is 0.382 e. The normalized spacial score (nSPS) is 18.5. The van der Waals surface area contributed by atoms with Gasteiger partial charge in [0.1, 0.15) is 16.7 Å². The van der Waals surface area contributed by atoms with Crippen LogP contribution in [0.1, 0.15) is 30.0 Å².